The molecule has 0 fully saturated rings. The van der Waals surface area contributed by atoms with Gasteiger partial charge in [0.25, 0.3) is 0 Å². The summed E-state index contributed by atoms with van der Waals surface area (Å²) >= 11 is 0. The molecule has 0 aliphatic heterocycles. The Labute approximate surface area is 175 Å². The maximum atomic E-state index is 9.16. The van der Waals surface area contributed by atoms with E-state index in [2.05, 4.69) is 30.3 Å². The van der Waals surface area contributed by atoms with E-state index in [1.54, 1.807) is 0 Å². The zero-order valence-electron chi connectivity index (χ0n) is 16.0. The first-order chi connectivity index (χ1) is 14.7. The largest absolute Gasteiger partial charge is 0.192 e. The van der Waals surface area contributed by atoms with Crippen molar-refractivity contribution >= 4 is 0 Å². The Bertz CT molecular complexity index is 1250. The molecule has 0 unspecified atom stereocenters. The second-order valence-electron chi connectivity index (χ2n) is 6.80. The molecule has 0 N–H and O–H groups in total. The maximum Gasteiger partial charge on any atom is 0.0991 e. The minimum atomic E-state index is 0.606. The van der Waals surface area contributed by atoms with Crippen LogP contribution in [0, 0.1) is 34.0 Å². The summed E-state index contributed by atoms with van der Waals surface area (Å²) in [6.45, 7) is 0. The Morgan fingerprint density at radius 2 is 0.733 bits per heavy atom. The Morgan fingerprint density at radius 1 is 0.400 bits per heavy atom. The van der Waals surface area contributed by atoms with Gasteiger partial charge in [-0.1, -0.05) is 54.6 Å². The molecule has 0 amide bonds. The van der Waals surface area contributed by atoms with Gasteiger partial charge in [-0.2, -0.15) is 15.8 Å². The fourth-order valence-electron chi connectivity index (χ4n) is 3.50. The van der Waals surface area contributed by atoms with E-state index in [0.29, 0.717) is 16.7 Å². The molecule has 0 aliphatic rings. The van der Waals surface area contributed by atoms with Crippen molar-refractivity contribution in [2.24, 2.45) is 0 Å². The lowest BCUT2D eigenvalue weighted by Gasteiger charge is -2.16. The van der Waals surface area contributed by atoms with Crippen LogP contribution < -0.4 is 0 Å². The normalized spacial score (nSPS) is 9.90. The highest BCUT2D eigenvalue weighted by Crippen LogP contribution is 2.40. The number of hydrogen-bond donors (Lipinski definition) is 0. The summed E-state index contributed by atoms with van der Waals surface area (Å²) in [5, 5.41) is 27.4. The molecule has 0 atom stereocenters. The number of hydrogen-bond acceptors (Lipinski definition) is 3. The summed E-state index contributed by atoms with van der Waals surface area (Å²) in [5.74, 6) is 0. The maximum absolute atomic E-state index is 9.16. The Balaban J connectivity index is 1.96. The molecule has 0 aliphatic carbocycles. The molecule has 30 heavy (non-hydrogen) atoms. The molecule has 0 spiro atoms. The van der Waals surface area contributed by atoms with Crippen LogP contribution in [0.5, 0.6) is 0 Å². The summed E-state index contributed by atoms with van der Waals surface area (Å²) in [4.78, 5) is 0. The van der Waals surface area contributed by atoms with Gasteiger partial charge in [-0.05, 0) is 69.8 Å². The van der Waals surface area contributed by atoms with E-state index in [0.717, 1.165) is 33.4 Å². The monoisotopic (exact) mass is 381 g/mol. The van der Waals surface area contributed by atoms with Crippen LogP contribution in [0.25, 0.3) is 33.4 Å². The van der Waals surface area contributed by atoms with Gasteiger partial charge in [0.05, 0.1) is 34.9 Å². The molecular formula is C27H15N3. The fraction of sp³-hybridized carbons (Fsp3) is 0. The molecule has 3 heteroatoms. The van der Waals surface area contributed by atoms with Crippen molar-refractivity contribution in [2.75, 3.05) is 0 Å². The van der Waals surface area contributed by atoms with E-state index < -0.39 is 0 Å². The van der Waals surface area contributed by atoms with Gasteiger partial charge in [-0.3, -0.25) is 0 Å². The zero-order valence-corrected chi connectivity index (χ0v) is 16.0. The first-order valence-corrected chi connectivity index (χ1v) is 9.38. The van der Waals surface area contributed by atoms with Gasteiger partial charge in [-0.25, -0.2) is 0 Å². The second kappa shape index (κ2) is 8.15. The Kier molecular flexibility index (Phi) is 5.08. The van der Waals surface area contributed by atoms with Gasteiger partial charge in [-0.15, -0.1) is 0 Å². The first kappa shape index (κ1) is 18.7. The van der Waals surface area contributed by atoms with Crippen molar-refractivity contribution < 1.29 is 0 Å². The predicted octanol–water partition coefficient (Wildman–Crippen LogP) is 6.30. The van der Waals surface area contributed by atoms with E-state index in [-0.39, 0.29) is 0 Å². The first-order valence-electron chi connectivity index (χ1n) is 9.38. The second-order valence-corrected chi connectivity index (χ2v) is 6.80. The summed E-state index contributed by atoms with van der Waals surface area (Å²) in [6.07, 6.45) is 0. The average molecular weight is 381 g/mol. The summed E-state index contributed by atoms with van der Waals surface area (Å²) < 4.78 is 0. The van der Waals surface area contributed by atoms with Crippen LogP contribution in [0.2, 0.25) is 0 Å². The summed E-state index contributed by atoms with van der Waals surface area (Å²) in [7, 11) is 0. The van der Waals surface area contributed by atoms with Crippen LogP contribution in [0.1, 0.15) is 16.7 Å². The van der Waals surface area contributed by atoms with Crippen LogP contribution >= 0.6 is 0 Å². The van der Waals surface area contributed by atoms with Crippen molar-refractivity contribution in [1.29, 1.82) is 15.8 Å². The zero-order chi connectivity index (χ0) is 20.9. The highest BCUT2D eigenvalue weighted by molar-refractivity contribution is 5.94. The smallest absolute Gasteiger partial charge is 0.0991 e. The fourth-order valence-corrected chi connectivity index (χ4v) is 3.50. The predicted molar refractivity (Wildman–Crippen MR) is 117 cm³/mol. The summed E-state index contributed by atoms with van der Waals surface area (Å²) in [6, 6.07) is 35.2. The third-order valence-electron chi connectivity index (χ3n) is 5.02. The molecule has 3 nitrogen and oxygen atoms in total. The van der Waals surface area contributed by atoms with Gasteiger partial charge < -0.3 is 0 Å². The molecule has 0 saturated heterocycles. The number of nitriles is 3. The van der Waals surface area contributed by atoms with E-state index in [1.165, 1.54) is 0 Å². The molecule has 4 rings (SSSR count). The molecule has 0 saturated carbocycles. The van der Waals surface area contributed by atoms with Crippen LogP contribution in [-0.2, 0) is 0 Å². The van der Waals surface area contributed by atoms with Gasteiger partial charge in [0, 0.05) is 0 Å². The van der Waals surface area contributed by atoms with Crippen LogP contribution in [0.15, 0.2) is 91.0 Å². The molecule has 0 bridgehead atoms. The van der Waals surface area contributed by atoms with Gasteiger partial charge in [0.1, 0.15) is 0 Å². The van der Waals surface area contributed by atoms with Crippen LogP contribution in [0.4, 0.5) is 0 Å². The standard InChI is InChI=1S/C27H15N3/c28-16-19-4-10-22(11-5-19)25-2-1-3-26(23-12-6-20(17-29)7-13-23)27(25)24-14-8-21(18-30)9-15-24/h1-15H. The highest BCUT2D eigenvalue weighted by atomic mass is 14.2. The third-order valence-corrected chi connectivity index (χ3v) is 5.02. The SMILES string of the molecule is N#Cc1ccc(-c2cccc(-c3ccc(C#N)cc3)c2-c2ccc(C#N)cc2)cc1. The van der Waals surface area contributed by atoms with E-state index in [9.17, 15) is 0 Å². The molecule has 0 heterocycles. The van der Waals surface area contributed by atoms with E-state index >= 15 is 0 Å². The lowest BCUT2D eigenvalue weighted by Crippen LogP contribution is -1.91. The minimum absolute atomic E-state index is 0.606. The lowest BCUT2D eigenvalue weighted by molar-refractivity contribution is 1.47. The van der Waals surface area contributed by atoms with E-state index in [1.807, 2.05) is 78.9 Å². The Morgan fingerprint density at radius 3 is 1.07 bits per heavy atom. The van der Waals surface area contributed by atoms with Crippen molar-refractivity contribution in [1.82, 2.24) is 0 Å². The highest BCUT2D eigenvalue weighted by Gasteiger charge is 2.14. The molecule has 4 aromatic rings. The molecule has 138 valence electrons. The number of benzene rings is 4. The Hall–Kier alpha value is -4.65. The topological polar surface area (TPSA) is 71.4 Å². The minimum Gasteiger partial charge on any atom is -0.192 e. The van der Waals surface area contributed by atoms with Gasteiger partial charge in [0.2, 0.25) is 0 Å². The van der Waals surface area contributed by atoms with Crippen molar-refractivity contribution in [3.05, 3.63) is 108 Å². The average Bonchev–Trinajstić information content (AvgIpc) is 2.84. The number of nitrogens with zero attached hydrogens (tertiary/aromatic N) is 3. The van der Waals surface area contributed by atoms with Crippen molar-refractivity contribution in [3.8, 4) is 51.6 Å². The van der Waals surface area contributed by atoms with Crippen molar-refractivity contribution in [2.45, 2.75) is 0 Å². The van der Waals surface area contributed by atoms with Gasteiger partial charge in [0.15, 0.2) is 0 Å². The molecule has 0 radical (unpaired) electrons. The quantitative estimate of drug-likeness (QED) is 0.418. The molecular weight excluding hydrogens is 366 g/mol. The third kappa shape index (κ3) is 3.55. The van der Waals surface area contributed by atoms with Crippen LogP contribution in [0.3, 0.4) is 0 Å². The molecule has 4 aromatic carbocycles. The molecule has 0 aromatic heterocycles. The number of rotatable bonds is 3. The summed E-state index contributed by atoms with van der Waals surface area (Å²) in [5.41, 5.74) is 7.94. The van der Waals surface area contributed by atoms with Crippen LogP contribution in [-0.4, -0.2) is 0 Å². The lowest BCUT2D eigenvalue weighted by atomic mass is 9.87. The van der Waals surface area contributed by atoms with E-state index in [4.69, 9.17) is 15.8 Å². The van der Waals surface area contributed by atoms with Crippen molar-refractivity contribution in [3.63, 3.8) is 0 Å². The van der Waals surface area contributed by atoms with Gasteiger partial charge >= 0.3 is 0 Å².